The Hall–Kier alpha value is -1.92. The van der Waals surface area contributed by atoms with Crippen molar-refractivity contribution in [2.75, 3.05) is 7.11 Å². The Kier molecular flexibility index (Phi) is 4.40. The maximum atomic E-state index is 11.3. The molecule has 1 aliphatic rings. The molecule has 1 aliphatic carbocycles. The highest BCUT2D eigenvalue weighted by Crippen LogP contribution is 2.26. The fourth-order valence-electron chi connectivity index (χ4n) is 2.69. The quantitative estimate of drug-likeness (QED) is 0.830. The second-order valence-electron chi connectivity index (χ2n) is 5.32. The van der Waals surface area contributed by atoms with E-state index in [2.05, 4.69) is 10.3 Å². The highest BCUT2D eigenvalue weighted by Gasteiger charge is 2.28. The van der Waals surface area contributed by atoms with Crippen LogP contribution in [0.2, 0.25) is 0 Å². The van der Waals surface area contributed by atoms with Crippen LogP contribution in [0.25, 0.3) is 10.2 Å². The zero-order valence-electron chi connectivity index (χ0n) is 12.3. The number of ether oxygens (including phenoxy) is 1. The molecule has 2 N–H and O–H groups in total. The van der Waals surface area contributed by atoms with Crippen LogP contribution in [0, 0.1) is 5.92 Å². The van der Waals surface area contributed by atoms with Crippen LogP contribution in [0.15, 0.2) is 30.4 Å². The third kappa shape index (κ3) is 3.13. The Morgan fingerprint density at radius 1 is 1.45 bits per heavy atom. The molecule has 5 nitrogen and oxygen atoms in total. The minimum absolute atomic E-state index is 0.0379. The molecule has 2 atom stereocenters. The van der Waals surface area contributed by atoms with Crippen molar-refractivity contribution >= 4 is 27.5 Å². The molecule has 1 heterocycles. The van der Waals surface area contributed by atoms with E-state index in [0.717, 1.165) is 27.4 Å². The number of rotatable bonds is 5. The first kappa shape index (κ1) is 15.0. The van der Waals surface area contributed by atoms with Gasteiger partial charge in [0, 0.05) is 18.7 Å². The fourth-order valence-corrected chi connectivity index (χ4v) is 3.59. The van der Waals surface area contributed by atoms with Crippen molar-refractivity contribution in [3.63, 3.8) is 0 Å². The second kappa shape index (κ2) is 6.46. The topological polar surface area (TPSA) is 71.5 Å². The predicted molar refractivity (Wildman–Crippen MR) is 86.3 cm³/mol. The summed E-state index contributed by atoms with van der Waals surface area (Å²) in [5.74, 6) is -0.309. The third-order valence-electron chi connectivity index (χ3n) is 3.90. The molecule has 1 aromatic heterocycles. The first-order valence-electron chi connectivity index (χ1n) is 7.22. The summed E-state index contributed by atoms with van der Waals surface area (Å²) in [5.41, 5.74) is 0.916. The normalized spacial score (nSPS) is 21.1. The van der Waals surface area contributed by atoms with Gasteiger partial charge in [-0.2, -0.15) is 0 Å². The molecule has 0 bridgehead atoms. The fraction of sp³-hybridized carbons (Fsp3) is 0.375. The zero-order chi connectivity index (χ0) is 15.5. The van der Waals surface area contributed by atoms with Gasteiger partial charge >= 0.3 is 5.97 Å². The molecule has 0 saturated heterocycles. The van der Waals surface area contributed by atoms with Crippen LogP contribution in [-0.4, -0.2) is 29.2 Å². The van der Waals surface area contributed by atoms with E-state index in [1.807, 2.05) is 30.4 Å². The van der Waals surface area contributed by atoms with Gasteiger partial charge in [-0.1, -0.05) is 12.2 Å². The Bertz CT molecular complexity index is 710. The van der Waals surface area contributed by atoms with Gasteiger partial charge in [-0.15, -0.1) is 11.3 Å². The number of thiazole rings is 1. The molecule has 22 heavy (non-hydrogen) atoms. The number of carboxylic acids is 1. The summed E-state index contributed by atoms with van der Waals surface area (Å²) in [6.45, 7) is 0.587. The van der Waals surface area contributed by atoms with Gasteiger partial charge < -0.3 is 15.2 Å². The lowest BCUT2D eigenvalue weighted by Crippen LogP contribution is -2.40. The van der Waals surface area contributed by atoms with Crippen LogP contribution in [0.1, 0.15) is 17.8 Å². The maximum absolute atomic E-state index is 11.3. The van der Waals surface area contributed by atoms with Crippen LogP contribution < -0.4 is 10.1 Å². The summed E-state index contributed by atoms with van der Waals surface area (Å²) in [4.78, 5) is 15.9. The van der Waals surface area contributed by atoms with E-state index in [9.17, 15) is 9.90 Å². The van der Waals surface area contributed by atoms with Gasteiger partial charge in [-0.25, -0.2) is 4.98 Å². The molecular weight excluding hydrogens is 300 g/mol. The molecule has 3 rings (SSSR count). The number of hydrogen-bond donors (Lipinski definition) is 2. The molecule has 0 unspecified atom stereocenters. The SMILES string of the molecule is COc1ccc2sc(CN[C@@H]3CC=CC[C@@H]3C(=O)O)nc2c1. The van der Waals surface area contributed by atoms with Crippen LogP contribution in [0.4, 0.5) is 0 Å². The average molecular weight is 318 g/mol. The third-order valence-corrected chi connectivity index (χ3v) is 4.94. The number of hydrogen-bond acceptors (Lipinski definition) is 5. The van der Waals surface area contributed by atoms with Crippen molar-refractivity contribution in [2.45, 2.75) is 25.4 Å². The summed E-state index contributed by atoms with van der Waals surface area (Å²) in [5, 5.41) is 13.6. The highest BCUT2D eigenvalue weighted by atomic mass is 32.1. The van der Waals surface area contributed by atoms with Gasteiger partial charge in [0.2, 0.25) is 0 Å². The molecule has 116 valence electrons. The van der Waals surface area contributed by atoms with Crippen molar-refractivity contribution in [3.05, 3.63) is 35.4 Å². The minimum atomic E-state index is -0.740. The van der Waals surface area contributed by atoms with Gasteiger partial charge in [-0.3, -0.25) is 4.79 Å². The first-order chi connectivity index (χ1) is 10.7. The summed E-state index contributed by atoms with van der Waals surface area (Å²) in [6.07, 6.45) is 5.32. The van der Waals surface area contributed by atoms with Gasteiger partial charge in [0.25, 0.3) is 0 Å². The molecule has 0 fully saturated rings. The Morgan fingerprint density at radius 2 is 2.27 bits per heavy atom. The summed E-state index contributed by atoms with van der Waals surface area (Å²) in [7, 11) is 1.64. The summed E-state index contributed by atoms with van der Waals surface area (Å²) < 4.78 is 6.31. The number of benzene rings is 1. The predicted octanol–water partition coefficient (Wildman–Crippen LogP) is 2.81. The number of methoxy groups -OCH3 is 1. The van der Waals surface area contributed by atoms with Crippen LogP contribution in [0.5, 0.6) is 5.75 Å². The number of carbonyl (C=O) groups is 1. The number of nitrogens with one attached hydrogen (secondary N) is 1. The maximum Gasteiger partial charge on any atom is 0.308 e. The minimum Gasteiger partial charge on any atom is -0.497 e. The number of carboxylic acid groups (broad SMARTS) is 1. The Morgan fingerprint density at radius 3 is 3.05 bits per heavy atom. The molecule has 0 spiro atoms. The largest absolute Gasteiger partial charge is 0.497 e. The van der Waals surface area contributed by atoms with E-state index < -0.39 is 5.97 Å². The molecule has 1 aromatic carbocycles. The van der Waals surface area contributed by atoms with E-state index >= 15 is 0 Å². The number of nitrogens with zero attached hydrogens (tertiary/aromatic N) is 1. The average Bonchev–Trinajstić information content (AvgIpc) is 2.94. The first-order valence-corrected chi connectivity index (χ1v) is 8.03. The molecule has 6 heteroatoms. The highest BCUT2D eigenvalue weighted by molar-refractivity contribution is 7.18. The Labute approximate surface area is 132 Å². The van der Waals surface area contributed by atoms with Crippen LogP contribution >= 0.6 is 11.3 Å². The van der Waals surface area contributed by atoms with Crippen molar-refractivity contribution in [3.8, 4) is 5.75 Å². The monoisotopic (exact) mass is 318 g/mol. The number of allylic oxidation sites excluding steroid dienone is 1. The standard InChI is InChI=1S/C16H18N2O3S/c1-21-10-6-7-14-13(8-10)18-15(22-14)9-17-12-5-3-2-4-11(12)16(19)20/h2-3,6-8,11-12,17H,4-5,9H2,1H3,(H,19,20)/t11-,12+/m0/s1. The molecule has 0 radical (unpaired) electrons. The molecule has 0 saturated carbocycles. The zero-order valence-corrected chi connectivity index (χ0v) is 13.1. The van der Waals surface area contributed by atoms with E-state index in [1.54, 1.807) is 18.4 Å². The van der Waals surface area contributed by atoms with Gasteiger partial charge in [0.1, 0.15) is 10.8 Å². The Balaban J connectivity index is 1.70. The second-order valence-corrected chi connectivity index (χ2v) is 6.43. The summed E-state index contributed by atoms with van der Waals surface area (Å²) in [6, 6.07) is 5.80. The number of aromatic nitrogens is 1. The molecule has 2 aromatic rings. The molecule has 0 amide bonds. The van der Waals surface area contributed by atoms with Crippen molar-refractivity contribution in [1.29, 1.82) is 0 Å². The van der Waals surface area contributed by atoms with Crippen molar-refractivity contribution in [1.82, 2.24) is 10.3 Å². The number of aliphatic carboxylic acids is 1. The lowest BCUT2D eigenvalue weighted by atomic mass is 9.89. The molecule has 0 aliphatic heterocycles. The van der Waals surface area contributed by atoms with Gasteiger partial charge in [0.15, 0.2) is 0 Å². The van der Waals surface area contributed by atoms with E-state index in [1.165, 1.54) is 0 Å². The smallest absolute Gasteiger partial charge is 0.308 e. The van der Waals surface area contributed by atoms with Crippen LogP contribution in [0.3, 0.4) is 0 Å². The van der Waals surface area contributed by atoms with Gasteiger partial charge in [0.05, 0.1) is 23.2 Å². The lowest BCUT2D eigenvalue weighted by molar-refractivity contribution is -0.142. The van der Waals surface area contributed by atoms with Crippen LogP contribution in [-0.2, 0) is 11.3 Å². The molecular formula is C16H18N2O3S. The van der Waals surface area contributed by atoms with Crippen molar-refractivity contribution < 1.29 is 14.6 Å². The van der Waals surface area contributed by atoms with E-state index in [-0.39, 0.29) is 12.0 Å². The van der Waals surface area contributed by atoms with Gasteiger partial charge in [-0.05, 0) is 25.0 Å². The van der Waals surface area contributed by atoms with E-state index in [0.29, 0.717) is 13.0 Å². The van der Waals surface area contributed by atoms with Crippen molar-refractivity contribution in [2.24, 2.45) is 5.92 Å². The van der Waals surface area contributed by atoms with E-state index in [4.69, 9.17) is 4.74 Å². The number of fused-ring (bicyclic) bond motifs is 1. The summed E-state index contributed by atoms with van der Waals surface area (Å²) >= 11 is 1.62. The lowest BCUT2D eigenvalue weighted by Gasteiger charge is -2.25.